The van der Waals surface area contributed by atoms with Crippen LogP contribution in [0.3, 0.4) is 0 Å². The molecule has 36 heavy (non-hydrogen) atoms. The number of carbonyl (C=O) groups excluding carboxylic acids is 2. The van der Waals surface area contributed by atoms with Gasteiger partial charge in [-0.15, -0.1) is 0 Å². The van der Waals surface area contributed by atoms with Gasteiger partial charge in [0.25, 0.3) is 0 Å². The molecule has 0 aromatic carbocycles. The number of ether oxygens (including phenoxy) is 3. The van der Waals surface area contributed by atoms with Crippen LogP contribution in [0.15, 0.2) is 24.8 Å². The monoisotopic (exact) mass is 523 g/mol. The van der Waals surface area contributed by atoms with Crippen LogP contribution >= 0.6 is 7.44 Å². The molecule has 2 aromatic rings. The summed E-state index contributed by atoms with van der Waals surface area (Å²) >= 11 is 0. The number of fused-ring (bicyclic) bond motifs is 1. The maximum Gasteiger partial charge on any atom is 0.323 e. The number of nitrogens with zero attached hydrogens (tertiary/aromatic N) is 4. The lowest BCUT2D eigenvalue weighted by Crippen LogP contribution is -2.43. The van der Waals surface area contributed by atoms with E-state index in [-0.39, 0.29) is 25.6 Å². The van der Waals surface area contributed by atoms with E-state index in [4.69, 9.17) is 19.9 Å². The van der Waals surface area contributed by atoms with Crippen molar-refractivity contribution in [3.63, 3.8) is 0 Å². The molecule has 0 saturated carbocycles. The van der Waals surface area contributed by atoms with Crippen molar-refractivity contribution in [2.75, 3.05) is 25.3 Å². The molecule has 4 atom stereocenters. The summed E-state index contributed by atoms with van der Waals surface area (Å²) in [4.78, 5) is 36.9. The number of nitrogen functional groups attached to an aromatic ring is 1. The molecule has 0 bridgehead atoms. The number of hydrogen-bond acceptors (Lipinski definition) is 10. The van der Waals surface area contributed by atoms with Crippen LogP contribution in [0.2, 0.25) is 0 Å². The molecule has 1 aliphatic carbocycles. The van der Waals surface area contributed by atoms with Crippen LogP contribution in [0.5, 0.6) is 0 Å². The zero-order chi connectivity index (χ0) is 26.5. The summed E-state index contributed by atoms with van der Waals surface area (Å²) < 4.78 is 31.9. The Kier molecular flexibility index (Phi) is 8.83. The highest BCUT2D eigenvalue weighted by Crippen LogP contribution is 2.42. The fourth-order valence-corrected chi connectivity index (χ4v) is 6.05. The van der Waals surface area contributed by atoms with Crippen molar-refractivity contribution in [2.45, 2.75) is 64.8 Å². The van der Waals surface area contributed by atoms with E-state index in [0.717, 1.165) is 0 Å². The number of aromatic nitrogens is 4. The molecular weight excluding hydrogens is 489 g/mol. The number of nitrogens with one attached hydrogen (secondary N) is 2. The molecule has 0 spiro atoms. The highest BCUT2D eigenvalue weighted by molar-refractivity contribution is 7.59. The van der Waals surface area contributed by atoms with Crippen LogP contribution in [0.4, 0.5) is 5.82 Å². The molecule has 198 valence electrons. The molecule has 0 amide bonds. The molecule has 0 saturated heterocycles. The van der Waals surface area contributed by atoms with Crippen molar-refractivity contribution in [2.24, 2.45) is 0 Å². The van der Waals surface area contributed by atoms with Gasteiger partial charge in [-0.05, 0) is 34.6 Å². The molecule has 13 nitrogen and oxygen atoms in total. The standard InChI is InChI=1S/C22H34N7O6P/c1-6-33-20(30)14(3)27-36(32,28-15(4)21(31)34-7-2)13-35-22(5)9-8-16(10-22)29-12-26-17-18(23)24-11-25-19(17)29/h8-9,11-12,14-16H,6-7,10,13H2,1-5H3,(H2,23,24,25)(H2,27,28,32)/t14-,15-,16-,22+/m0/s1. The largest absolute Gasteiger partial charge is 0.465 e. The molecular formula is C22H34N7O6P. The number of anilines is 1. The van der Waals surface area contributed by atoms with Gasteiger partial charge < -0.3 is 24.5 Å². The minimum Gasteiger partial charge on any atom is -0.465 e. The second-order valence-electron chi connectivity index (χ2n) is 8.75. The van der Waals surface area contributed by atoms with Gasteiger partial charge in [-0.2, -0.15) is 0 Å². The third-order valence-electron chi connectivity index (χ3n) is 5.69. The van der Waals surface area contributed by atoms with E-state index in [2.05, 4.69) is 25.1 Å². The van der Waals surface area contributed by atoms with Crippen molar-refractivity contribution in [1.82, 2.24) is 29.7 Å². The number of hydrogen-bond donors (Lipinski definition) is 3. The van der Waals surface area contributed by atoms with Gasteiger partial charge in [0.15, 0.2) is 11.5 Å². The number of imidazole rings is 1. The Balaban J connectivity index is 1.73. The maximum atomic E-state index is 13.8. The normalized spacial score (nSPS) is 21.4. The highest BCUT2D eigenvalue weighted by atomic mass is 31.2. The Morgan fingerprint density at radius 2 is 1.78 bits per heavy atom. The lowest BCUT2D eigenvalue weighted by molar-refractivity contribution is -0.145. The highest BCUT2D eigenvalue weighted by Gasteiger charge is 2.38. The van der Waals surface area contributed by atoms with Gasteiger partial charge in [-0.25, -0.2) is 25.1 Å². The van der Waals surface area contributed by atoms with Gasteiger partial charge in [0, 0.05) is 6.42 Å². The average molecular weight is 524 g/mol. The van der Waals surface area contributed by atoms with E-state index in [9.17, 15) is 14.2 Å². The van der Waals surface area contributed by atoms with Crippen molar-refractivity contribution in [1.29, 1.82) is 0 Å². The Hall–Kier alpha value is -2.86. The molecule has 1 aliphatic rings. The second kappa shape index (κ2) is 11.5. The van der Waals surface area contributed by atoms with Gasteiger partial charge in [-0.1, -0.05) is 12.2 Å². The van der Waals surface area contributed by atoms with Crippen molar-refractivity contribution < 1.29 is 28.4 Å². The van der Waals surface area contributed by atoms with Crippen LogP contribution in [0.25, 0.3) is 11.2 Å². The summed E-state index contributed by atoms with van der Waals surface area (Å²) in [6.07, 6.45) is 7.06. The molecule has 0 unspecified atom stereocenters. The van der Waals surface area contributed by atoms with Gasteiger partial charge in [0.2, 0.25) is 7.44 Å². The van der Waals surface area contributed by atoms with Gasteiger partial charge in [0.05, 0.1) is 31.2 Å². The summed E-state index contributed by atoms with van der Waals surface area (Å²) in [6, 6.07) is -1.93. The molecule has 2 aromatic heterocycles. The Morgan fingerprint density at radius 3 is 2.36 bits per heavy atom. The first-order valence-electron chi connectivity index (χ1n) is 11.7. The third kappa shape index (κ3) is 6.47. The number of carbonyl (C=O) groups is 2. The summed E-state index contributed by atoms with van der Waals surface area (Å²) in [5, 5.41) is 5.57. The summed E-state index contributed by atoms with van der Waals surface area (Å²) in [6.45, 7) is 8.66. The molecule has 4 N–H and O–H groups in total. The zero-order valence-corrected chi connectivity index (χ0v) is 22.0. The maximum absolute atomic E-state index is 13.8. The van der Waals surface area contributed by atoms with E-state index in [0.29, 0.717) is 23.4 Å². The fourth-order valence-electron chi connectivity index (χ4n) is 3.89. The van der Waals surface area contributed by atoms with E-state index in [1.165, 1.54) is 20.2 Å². The van der Waals surface area contributed by atoms with Gasteiger partial charge in [-0.3, -0.25) is 14.2 Å². The predicted molar refractivity (Wildman–Crippen MR) is 133 cm³/mol. The number of allylic oxidation sites excluding steroid dienone is 1. The van der Waals surface area contributed by atoms with Crippen LogP contribution in [-0.2, 0) is 28.4 Å². The zero-order valence-electron chi connectivity index (χ0n) is 21.1. The minimum atomic E-state index is -3.62. The first kappa shape index (κ1) is 27.7. The summed E-state index contributed by atoms with van der Waals surface area (Å²) in [7, 11) is -3.62. The summed E-state index contributed by atoms with van der Waals surface area (Å²) in [5.74, 6) is -0.837. The van der Waals surface area contributed by atoms with Crippen LogP contribution < -0.4 is 15.9 Å². The first-order valence-corrected chi connectivity index (χ1v) is 13.6. The Morgan fingerprint density at radius 1 is 1.17 bits per heavy atom. The second-order valence-corrected chi connectivity index (χ2v) is 11.0. The lowest BCUT2D eigenvalue weighted by atomic mass is 10.1. The lowest BCUT2D eigenvalue weighted by Gasteiger charge is -2.30. The van der Waals surface area contributed by atoms with Crippen molar-refractivity contribution in [3.8, 4) is 0 Å². The minimum absolute atomic E-state index is 0.133. The van der Waals surface area contributed by atoms with E-state index >= 15 is 0 Å². The van der Waals surface area contributed by atoms with E-state index in [1.807, 2.05) is 23.6 Å². The smallest absolute Gasteiger partial charge is 0.323 e. The van der Waals surface area contributed by atoms with E-state index < -0.39 is 37.1 Å². The SMILES string of the molecule is CCOC(=O)[C@H](C)NP(=O)(CO[C@]1(C)C=C[C@H](n2cnc3c(N)ncnc32)C1)N[C@@H](C)C(=O)OCC. The first-order chi connectivity index (χ1) is 17.0. The number of rotatable bonds is 12. The average Bonchev–Trinajstić information content (AvgIpc) is 3.43. The van der Waals surface area contributed by atoms with Crippen LogP contribution in [0.1, 0.15) is 47.1 Å². The summed E-state index contributed by atoms with van der Waals surface area (Å²) in [5.41, 5.74) is 6.22. The quantitative estimate of drug-likeness (QED) is 0.210. The number of nitrogens with two attached hydrogens (primary N) is 1. The number of esters is 2. The molecule has 2 heterocycles. The molecule has 0 aliphatic heterocycles. The van der Waals surface area contributed by atoms with Crippen LogP contribution in [-0.4, -0.2) is 68.7 Å². The molecule has 0 radical (unpaired) electrons. The third-order valence-corrected chi connectivity index (χ3v) is 7.79. The molecule has 14 heteroatoms. The predicted octanol–water partition coefficient (Wildman–Crippen LogP) is 1.92. The van der Waals surface area contributed by atoms with Crippen LogP contribution in [0, 0.1) is 0 Å². The van der Waals surface area contributed by atoms with Gasteiger partial charge >= 0.3 is 11.9 Å². The van der Waals surface area contributed by atoms with Crippen molar-refractivity contribution in [3.05, 3.63) is 24.8 Å². The topological polar surface area (TPSA) is 173 Å². The van der Waals surface area contributed by atoms with Crippen molar-refractivity contribution >= 4 is 36.4 Å². The Bertz CT molecular complexity index is 1140. The molecule has 3 rings (SSSR count). The fraction of sp³-hybridized carbons (Fsp3) is 0.591. The van der Waals surface area contributed by atoms with E-state index in [1.54, 1.807) is 20.2 Å². The molecule has 0 fully saturated rings. The Labute approximate surface area is 209 Å². The van der Waals surface area contributed by atoms with Gasteiger partial charge in [0.1, 0.15) is 30.3 Å².